The summed E-state index contributed by atoms with van der Waals surface area (Å²) in [6.45, 7) is 11.2. The Hall–Kier alpha value is -2.19. The highest BCUT2D eigenvalue weighted by Gasteiger charge is 2.38. The van der Waals surface area contributed by atoms with Crippen LogP contribution in [-0.2, 0) is 28.6 Å². The molecule has 0 aromatic rings. The maximum absolute atomic E-state index is 14.7. The highest BCUT2D eigenvalue weighted by molar-refractivity contribution is 5.94. The molecule has 0 fully saturated rings. The molecule has 0 aromatic carbocycles. The van der Waals surface area contributed by atoms with Crippen LogP contribution < -0.4 is 5.32 Å². The van der Waals surface area contributed by atoms with Gasteiger partial charge >= 0.3 is 18.0 Å². The summed E-state index contributed by atoms with van der Waals surface area (Å²) in [5.74, 6) is -4.10. The number of carbonyl (C=O) groups excluding carboxylic acids is 4. The fourth-order valence-electron chi connectivity index (χ4n) is 2.19. The van der Waals surface area contributed by atoms with Gasteiger partial charge in [0.25, 0.3) is 0 Å². The quantitative estimate of drug-likeness (QED) is 0.488. The fourth-order valence-corrected chi connectivity index (χ4v) is 2.19. The summed E-state index contributed by atoms with van der Waals surface area (Å²) >= 11 is 0. The molecule has 0 aliphatic heterocycles. The molecule has 8 nitrogen and oxygen atoms in total. The Bertz CT molecular complexity index is 578. The van der Waals surface area contributed by atoms with Crippen molar-refractivity contribution in [3.8, 4) is 0 Å². The lowest BCUT2D eigenvalue weighted by molar-refractivity contribution is -0.157. The standard InChI is InChI=1S/C19H32FNO7/c1-11(21-17(25)28-19(5,6)7)15(23)14(20)12(16(24)26-8)9-10-13(22)27-18(2,3)4/h11-12,14H,9-10H2,1-8H3,(H,21,25)/t11-,12+,14-/m0/s1. The predicted molar refractivity (Wildman–Crippen MR) is 99.3 cm³/mol. The number of rotatable bonds is 8. The van der Waals surface area contributed by atoms with Crippen molar-refractivity contribution in [2.45, 2.75) is 84.7 Å². The average Bonchev–Trinajstić information content (AvgIpc) is 2.49. The third-order valence-electron chi connectivity index (χ3n) is 3.37. The number of hydrogen-bond acceptors (Lipinski definition) is 7. The van der Waals surface area contributed by atoms with E-state index in [1.54, 1.807) is 41.5 Å². The Kier molecular flexibility index (Phi) is 9.57. The second kappa shape index (κ2) is 10.4. The summed E-state index contributed by atoms with van der Waals surface area (Å²) in [5, 5.41) is 2.23. The van der Waals surface area contributed by atoms with Gasteiger partial charge in [-0.25, -0.2) is 9.18 Å². The Balaban J connectivity index is 5.01. The molecule has 0 heterocycles. The van der Waals surface area contributed by atoms with Crippen molar-refractivity contribution < 1.29 is 37.8 Å². The van der Waals surface area contributed by atoms with Gasteiger partial charge in [-0.05, 0) is 54.9 Å². The van der Waals surface area contributed by atoms with E-state index in [4.69, 9.17) is 9.47 Å². The maximum atomic E-state index is 14.7. The van der Waals surface area contributed by atoms with E-state index in [1.165, 1.54) is 6.92 Å². The van der Waals surface area contributed by atoms with Crippen molar-refractivity contribution >= 4 is 23.8 Å². The van der Waals surface area contributed by atoms with Gasteiger partial charge in [0.15, 0.2) is 12.0 Å². The largest absolute Gasteiger partial charge is 0.469 e. The lowest BCUT2D eigenvalue weighted by Gasteiger charge is -2.24. The maximum Gasteiger partial charge on any atom is 0.408 e. The molecule has 1 amide bonds. The number of alkyl carbamates (subject to hydrolysis) is 1. The molecule has 9 heteroatoms. The number of esters is 2. The first-order valence-corrected chi connectivity index (χ1v) is 9.04. The SMILES string of the molecule is COC(=O)[C@H](CCC(=O)OC(C)(C)C)[C@H](F)C(=O)[C@H](C)NC(=O)OC(C)(C)C. The number of carbonyl (C=O) groups is 4. The van der Waals surface area contributed by atoms with Gasteiger partial charge in [-0.1, -0.05) is 0 Å². The van der Waals surface area contributed by atoms with Crippen molar-refractivity contribution in [3.05, 3.63) is 0 Å². The minimum atomic E-state index is -2.26. The van der Waals surface area contributed by atoms with E-state index in [9.17, 15) is 23.6 Å². The summed E-state index contributed by atoms with van der Waals surface area (Å²) in [5.41, 5.74) is -1.52. The minimum Gasteiger partial charge on any atom is -0.469 e. The third kappa shape index (κ3) is 10.2. The monoisotopic (exact) mass is 405 g/mol. The Morgan fingerprint density at radius 1 is 0.964 bits per heavy atom. The van der Waals surface area contributed by atoms with Gasteiger partial charge in [-0.15, -0.1) is 0 Å². The van der Waals surface area contributed by atoms with Crippen molar-refractivity contribution in [2.75, 3.05) is 7.11 Å². The molecule has 0 saturated carbocycles. The van der Waals surface area contributed by atoms with E-state index < -0.39 is 53.1 Å². The van der Waals surface area contributed by atoms with Crippen LogP contribution in [0.3, 0.4) is 0 Å². The van der Waals surface area contributed by atoms with Crippen LogP contribution in [0.25, 0.3) is 0 Å². The van der Waals surface area contributed by atoms with Crippen molar-refractivity contribution in [2.24, 2.45) is 5.92 Å². The Morgan fingerprint density at radius 3 is 1.89 bits per heavy atom. The molecular formula is C19H32FNO7. The van der Waals surface area contributed by atoms with Crippen molar-refractivity contribution in [1.29, 1.82) is 0 Å². The first-order valence-electron chi connectivity index (χ1n) is 9.04. The van der Waals surface area contributed by atoms with Crippen LogP contribution in [0.15, 0.2) is 0 Å². The van der Waals surface area contributed by atoms with Crippen LogP contribution in [0, 0.1) is 5.92 Å². The molecule has 162 valence electrons. The van der Waals surface area contributed by atoms with E-state index in [0.29, 0.717) is 0 Å². The van der Waals surface area contributed by atoms with Gasteiger partial charge in [0.2, 0.25) is 0 Å². The number of amides is 1. The van der Waals surface area contributed by atoms with Gasteiger partial charge in [0.1, 0.15) is 11.2 Å². The van der Waals surface area contributed by atoms with Crippen LogP contribution in [0.4, 0.5) is 9.18 Å². The number of nitrogens with one attached hydrogen (secondary N) is 1. The predicted octanol–water partition coefficient (Wildman–Crippen LogP) is 2.72. The minimum absolute atomic E-state index is 0.265. The normalized spacial score (nSPS) is 15.0. The van der Waals surface area contributed by atoms with Gasteiger partial charge < -0.3 is 19.5 Å². The molecule has 0 saturated heterocycles. The zero-order chi connectivity index (χ0) is 22.3. The van der Waals surface area contributed by atoms with E-state index in [1.807, 2.05) is 0 Å². The first kappa shape index (κ1) is 25.8. The van der Waals surface area contributed by atoms with Crippen LogP contribution in [-0.4, -0.2) is 54.3 Å². The molecule has 3 atom stereocenters. The molecule has 0 radical (unpaired) electrons. The first-order chi connectivity index (χ1) is 12.6. The summed E-state index contributed by atoms with van der Waals surface area (Å²) < 4.78 is 29.4. The second-order valence-corrected chi connectivity index (χ2v) is 8.43. The summed E-state index contributed by atoms with van der Waals surface area (Å²) in [6, 6.07) is -1.24. The third-order valence-corrected chi connectivity index (χ3v) is 3.37. The smallest absolute Gasteiger partial charge is 0.408 e. The topological polar surface area (TPSA) is 108 Å². The highest BCUT2D eigenvalue weighted by Crippen LogP contribution is 2.21. The van der Waals surface area contributed by atoms with Crippen molar-refractivity contribution in [3.63, 3.8) is 0 Å². The number of methoxy groups -OCH3 is 1. The van der Waals surface area contributed by atoms with Gasteiger partial charge in [0.05, 0.1) is 19.1 Å². The summed E-state index contributed by atoms with van der Waals surface area (Å²) in [7, 11) is 1.06. The number of hydrogen-bond donors (Lipinski definition) is 1. The number of halogens is 1. The molecule has 28 heavy (non-hydrogen) atoms. The molecule has 0 aliphatic rings. The molecule has 0 bridgehead atoms. The van der Waals surface area contributed by atoms with Crippen LogP contribution >= 0.6 is 0 Å². The average molecular weight is 405 g/mol. The molecule has 0 rings (SSSR count). The zero-order valence-corrected chi connectivity index (χ0v) is 17.9. The highest BCUT2D eigenvalue weighted by atomic mass is 19.1. The van der Waals surface area contributed by atoms with E-state index in [0.717, 1.165) is 7.11 Å². The van der Waals surface area contributed by atoms with Crippen LogP contribution in [0.2, 0.25) is 0 Å². The zero-order valence-electron chi connectivity index (χ0n) is 17.9. The Morgan fingerprint density at radius 2 is 1.46 bits per heavy atom. The summed E-state index contributed by atoms with van der Waals surface area (Å²) in [4.78, 5) is 47.8. The van der Waals surface area contributed by atoms with Gasteiger partial charge in [-0.3, -0.25) is 14.4 Å². The van der Waals surface area contributed by atoms with Crippen molar-refractivity contribution in [1.82, 2.24) is 5.32 Å². The van der Waals surface area contributed by atoms with E-state index >= 15 is 0 Å². The Labute approximate surface area is 165 Å². The molecular weight excluding hydrogens is 373 g/mol. The van der Waals surface area contributed by atoms with Crippen LogP contribution in [0.1, 0.15) is 61.3 Å². The summed E-state index contributed by atoms with van der Waals surface area (Å²) in [6.07, 6.45) is -3.68. The fraction of sp³-hybridized carbons (Fsp3) is 0.789. The van der Waals surface area contributed by atoms with Gasteiger partial charge in [0, 0.05) is 6.42 Å². The molecule has 0 unspecified atom stereocenters. The number of alkyl halides is 1. The van der Waals surface area contributed by atoms with Gasteiger partial charge in [-0.2, -0.15) is 0 Å². The molecule has 0 aromatic heterocycles. The molecule has 0 aliphatic carbocycles. The lowest BCUT2D eigenvalue weighted by Crippen LogP contribution is -2.47. The van der Waals surface area contributed by atoms with Crippen LogP contribution in [0.5, 0.6) is 0 Å². The van der Waals surface area contributed by atoms with E-state index in [2.05, 4.69) is 10.1 Å². The number of ketones is 1. The molecule has 1 N–H and O–H groups in total. The number of Topliss-reactive ketones (excluding diaryl/α,β-unsaturated/α-hetero) is 1. The number of ether oxygens (including phenoxy) is 3. The second-order valence-electron chi connectivity index (χ2n) is 8.43. The molecule has 0 spiro atoms. The lowest BCUT2D eigenvalue weighted by atomic mass is 9.92. The van der Waals surface area contributed by atoms with E-state index in [-0.39, 0.29) is 12.8 Å².